The second-order valence-electron chi connectivity index (χ2n) is 9.26. The number of esters is 2. The quantitative estimate of drug-likeness (QED) is 0.255. The molecule has 208 valence electrons. The molecule has 1 N–H and O–H groups in total. The monoisotopic (exact) mass is 542 g/mol. The maximum atomic E-state index is 14.1. The number of anilines is 1. The highest BCUT2D eigenvalue weighted by Gasteiger charge is 2.20. The van der Waals surface area contributed by atoms with Gasteiger partial charge in [0.2, 0.25) is 0 Å². The van der Waals surface area contributed by atoms with Gasteiger partial charge < -0.3 is 24.1 Å². The van der Waals surface area contributed by atoms with Crippen molar-refractivity contribution in [2.75, 3.05) is 31.7 Å². The van der Waals surface area contributed by atoms with Crippen LogP contribution in [-0.2, 0) is 32.0 Å². The zero-order chi connectivity index (χ0) is 28.5. The molecule has 1 heterocycles. The Hall–Kier alpha value is -4.59. The number of rotatable bonds is 12. The third-order valence-corrected chi connectivity index (χ3v) is 6.51. The fraction of sp³-hybridized carbons (Fsp3) is 0.281. The van der Waals surface area contributed by atoms with Gasteiger partial charge in [0.15, 0.2) is 6.61 Å². The molecule has 0 fully saturated rings. The van der Waals surface area contributed by atoms with Gasteiger partial charge in [-0.05, 0) is 37.5 Å². The van der Waals surface area contributed by atoms with Gasteiger partial charge in [0.05, 0.1) is 25.3 Å². The minimum absolute atomic E-state index is 0.0739. The number of aryl methyl sites for hydroxylation is 1. The topological polar surface area (TPSA) is 95.9 Å². The van der Waals surface area contributed by atoms with Gasteiger partial charge in [-0.25, -0.2) is 4.79 Å². The second-order valence-corrected chi connectivity index (χ2v) is 9.26. The van der Waals surface area contributed by atoms with Crippen LogP contribution in [0, 0.1) is 6.92 Å². The van der Waals surface area contributed by atoms with Gasteiger partial charge >= 0.3 is 11.9 Å². The number of carbonyl (C=O) groups is 2. The van der Waals surface area contributed by atoms with Crippen LogP contribution in [0.4, 0.5) is 5.69 Å². The summed E-state index contributed by atoms with van der Waals surface area (Å²) in [5.41, 5.74) is 4.54. The highest BCUT2D eigenvalue weighted by molar-refractivity contribution is 5.97. The molecule has 0 amide bonds. The summed E-state index contributed by atoms with van der Waals surface area (Å²) in [5.74, 6) is -0.545. The van der Waals surface area contributed by atoms with E-state index in [1.54, 1.807) is 30.5 Å². The summed E-state index contributed by atoms with van der Waals surface area (Å²) < 4.78 is 17.6. The van der Waals surface area contributed by atoms with Crippen LogP contribution in [0.15, 0.2) is 77.6 Å². The standard InChI is InChI=1S/C32H34N2O6/c1-4-38-29(35)19-33-27-17-25(40-21-30(36)39-5-2)18-28-31(27)22(3)26(16-23-12-8-6-9-13-23)32(37)34(28)20-24-14-10-7-11-15-24/h6-15,17-18,33H,4-5,16,19-21H2,1-3H3. The lowest BCUT2D eigenvalue weighted by molar-refractivity contribution is -0.145. The molecule has 0 atom stereocenters. The van der Waals surface area contributed by atoms with Gasteiger partial charge in [-0.3, -0.25) is 9.59 Å². The van der Waals surface area contributed by atoms with Crippen LogP contribution in [0.25, 0.3) is 10.9 Å². The Morgan fingerprint density at radius 2 is 1.48 bits per heavy atom. The summed E-state index contributed by atoms with van der Waals surface area (Å²) in [6.45, 7) is 5.87. The molecular formula is C32H34N2O6. The zero-order valence-electron chi connectivity index (χ0n) is 23.1. The van der Waals surface area contributed by atoms with E-state index in [0.717, 1.165) is 22.1 Å². The SMILES string of the molecule is CCOC(=O)CNc1cc(OCC(=O)OCC)cc2c1c(C)c(Cc1ccccc1)c(=O)n2Cc1ccccc1. The molecule has 3 aromatic carbocycles. The van der Waals surface area contributed by atoms with Crippen molar-refractivity contribution in [2.45, 2.75) is 33.7 Å². The lowest BCUT2D eigenvalue weighted by Crippen LogP contribution is -2.27. The van der Waals surface area contributed by atoms with Gasteiger partial charge in [-0.15, -0.1) is 0 Å². The molecule has 8 nitrogen and oxygen atoms in total. The fourth-order valence-electron chi connectivity index (χ4n) is 4.67. The Morgan fingerprint density at radius 3 is 2.12 bits per heavy atom. The van der Waals surface area contributed by atoms with Gasteiger partial charge in [0, 0.05) is 35.2 Å². The number of ether oxygens (including phenoxy) is 3. The summed E-state index contributed by atoms with van der Waals surface area (Å²) in [7, 11) is 0. The van der Waals surface area contributed by atoms with Crippen molar-refractivity contribution in [2.24, 2.45) is 0 Å². The molecule has 0 aliphatic heterocycles. The highest BCUT2D eigenvalue weighted by atomic mass is 16.6. The van der Waals surface area contributed by atoms with E-state index in [0.29, 0.717) is 35.5 Å². The van der Waals surface area contributed by atoms with Crippen molar-refractivity contribution in [1.29, 1.82) is 0 Å². The van der Waals surface area contributed by atoms with E-state index in [9.17, 15) is 14.4 Å². The van der Waals surface area contributed by atoms with Crippen LogP contribution < -0.4 is 15.6 Å². The summed E-state index contributed by atoms with van der Waals surface area (Å²) in [6.07, 6.45) is 0.453. The predicted octanol–water partition coefficient (Wildman–Crippen LogP) is 4.87. The first-order valence-electron chi connectivity index (χ1n) is 13.4. The number of hydrogen-bond donors (Lipinski definition) is 1. The maximum absolute atomic E-state index is 14.1. The van der Waals surface area contributed by atoms with E-state index in [4.69, 9.17) is 14.2 Å². The highest BCUT2D eigenvalue weighted by Crippen LogP contribution is 2.33. The Balaban J connectivity index is 1.91. The van der Waals surface area contributed by atoms with Gasteiger partial charge in [-0.2, -0.15) is 0 Å². The molecule has 0 saturated heterocycles. The number of carbonyl (C=O) groups excluding carboxylic acids is 2. The van der Waals surface area contributed by atoms with Crippen molar-refractivity contribution >= 4 is 28.5 Å². The summed E-state index contributed by atoms with van der Waals surface area (Å²) in [4.78, 5) is 38.3. The molecule has 8 heteroatoms. The zero-order valence-corrected chi connectivity index (χ0v) is 23.1. The van der Waals surface area contributed by atoms with Crippen molar-refractivity contribution in [3.63, 3.8) is 0 Å². The van der Waals surface area contributed by atoms with Crippen LogP contribution in [-0.4, -0.2) is 42.9 Å². The van der Waals surface area contributed by atoms with Crippen LogP contribution in [0.5, 0.6) is 5.75 Å². The number of nitrogens with zero attached hydrogens (tertiary/aromatic N) is 1. The van der Waals surface area contributed by atoms with Crippen LogP contribution in [0.1, 0.15) is 36.1 Å². The van der Waals surface area contributed by atoms with Crippen molar-refractivity contribution in [1.82, 2.24) is 4.57 Å². The lowest BCUT2D eigenvalue weighted by atomic mass is 9.96. The molecular weight excluding hydrogens is 508 g/mol. The normalized spacial score (nSPS) is 10.8. The molecule has 1 aromatic heterocycles. The number of hydrogen-bond acceptors (Lipinski definition) is 7. The molecule has 0 radical (unpaired) electrons. The third-order valence-electron chi connectivity index (χ3n) is 6.51. The third kappa shape index (κ3) is 6.88. The van der Waals surface area contributed by atoms with E-state index >= 15 is 0 Å². The maximum Gasteiger partial charge on any atom is 0.344 e. The predicted molar refractivity (Wildman–Crippen MR) is 155 cm³/mol. The fourth-order valence-corrected chi connectivity index (χ4v) is 4.67. The Kier molecular flexibility index (Phi) is 9.57. The Labute approximate surface area is 233 Å². The molecule has 0 unspecified atom stereocenters. The first kappa shape index (κ1) is 28.4. The number of pyridine rings is 1. The van der Waals surface area contributed by atoms with Crippen molar-refractivity contribution in [3.05, 3.63) is 105 Å². The molecule has 0 aliphatic rings. The first-order valence-corrected chi connectivity index (χ1v) is 13.4. The molecule has 0 spiro atoms. The van der Waals surface area contributed by atoms with Gasteiger partial charge in [0.1, 0.15) is 12.3 Å². The molecule has 40 heavy (non-hydrogen) atoms. The summed E-state index contributed by atoms with van der Waals surface area (Å²) in [6, 6.07) is 23.1. The average Bonchev–Trinajstić information content (AvgIpc) is 2.96. The van der Waals surface area contributed by atoms with Crippen LogP contribution >= 0.6 is 0 Å². The second kappa shape index (κ2) is 13.5. The Morgan fingerprint density at radius 1 is 0.850 bits per heavy atom. The minimum Gasteiger partial charge on any atom is -0.482 e. The molecule has 0 aliphatic carbocycles. The van der Waals surface area contributed by atoms with Crippen LogP contribution in [0.2, 0.25) is 0 Å². The summed E-state index contributed by atoms with van der Waals surface area (Å²) >= 11 is 0. The first-order chi connectivity index (χ1) is 19.4. The van der Waals surface area contributed by atoms with Gasteiger partial charge in [-0.1, -0.05) is 60.7 Å². The number of benzene rings is 3. The van der Waals surface area contributed by atoms with Crippen LogP contribution in [0.3, 0.4) is 0 Å². The Bertz CT molecular complexity index is 1530. The molecule has 0 bridgehead atoms. The number of aromatic nitrogens is 1. The minimum atomic E-state index is -0.500. The van der Waals surface area contributed by atoms with E-state index in [2.05, 4.69) is 5.32 Å². The van der Waals surface area contributed by atoms with E-state index in [-0.39, 0.29) is 31.9 Å². The lowest BCUT2D eigenvalue weighted by Gasteiger charge is -2.21. The molecule has 4 rings (SSSR count). The van der Waals surface area contributed by atoms with E-state index in [1.807, 2.05) is 67.6 Å². The van der Waals surface area contributed by atoms with E-state index < -0.39 is 11.9 Å². The number of fused-ring (bicyclic) bond motifs is 1. The number of nitrogens with one attached hydrogen (secondary N) is 1. The smallest absolute Gasteiger partial charge is 0.344 e. The van der Waals surface area contributed by atoms with Crippen molar-refractivity contribution < 1.29 is 23.8 Å². The summed E-state index contributed by atoms with van der Waals surface area (Å²) in [5, 5.41) is 3.97. The average molecular weight is 543 g/mol. The molecule has 0 saturated carbocycles. The van der Waals surface area contributed by atoms with Crippen molar-refractivity contribution in [3.8, 4) is 5.75 Å². The largest absolute Gasteiger partial charge is 0.482 e. The van der Waals surface area contributed by atoms with Gasteiger partial charge in [0.25, 0.3) is 5.56 Å². The van der Waals surface area contributed by atoms with E-state index in [1.165, 1.54) is 0 Å². The molecule has 4 aromatic rings.